The van der Waals surface area contributed by atoms with Gasteiger partial charge in [0.15, 0.2) is 11.6 Å². The van der Waals surface area contributed by atoms with E-state index in [-0.39, 0.29) is 5.28 Å². The third-order valence-electron chi connectivity index (χ3n) is 1.84. The number of aromatic nitrogens is 2. The predicted octanol–water partition coefficient (Wildman–Crippen LogP) is 1.99. The first-order chi connectivity index (χ1) is 7.84. The fraction of sp³-hybridized carbons (Fsp3) is 0.500. The molecule has 1 aromatic rings. The summed E-state index contributed by atoms with van der Waals surface area (Å²) in [5, 5.41) is 9.97. The first-order valence-electron chi connectivity index (χ1n) is 4.46. The monoisotopic (exact) mass is 273 g/mol. The summed E-state index contributed by atoms with van der Waals surface area (Å²) < 4.78 is 50.4. The summed E-state index contributed by atoms with van der Waals surface area (Å²) in [5.41, 5.74) is 0. The average molecular weight is 274 g/mol. The van der Waals surface area contributed by atoms with E-state index in [1.165, 1.54) is 0 Å². The highest BCUT2D eigenvalue weighted by Gasteiger charge is 2.39. The van der Waals surface area contributed by atoms with Crippen molar-refractivity contribution in [1.29, 1.82) is 0 Å². The van der Waals surface area contributed by atoms with E-state index in [1.807, 2.05) is 5.32 Å². The van der Waals surface area contributed by atoms with Crippen molar-refractivity contribution in [3.05, 3.63) is 17.3 Å². The third-order valence-corrected chi connectivity index (χ3v) is 2.02. The number of nitrogens with zero attached hydrogens (tertiary/aromatic N) is 2. The third kappa shape index (κ3) is 3.97. The van der Waals surface area contributed by atoms with E-state index in [1.54, 1.807) is 0 Å². The second kappa shape index (κ2) is 5.46. The normalized spacial score (nSPS) is 13.5. The molecule has 17 heavy (non-hydrogen) atoms. The Morgan fingerprint density at radius 1 is 1.47 bits per heavy atom. The van der Waals surface area contributed by atoms with Gasteiger partial charge in [0.25, 0.3) is 0 Å². The van der Waals surface area contributed by atoms with Crippen molar-refractivity contribution in [2.75, 3.05) is 11.9 Å². The largest absolute Gasteiger partial charge is 0.408 e. The fourth-order valence-electron chi connectivity index (χ4n) is 1.06. The van der Waals surface area contributed by atoms with Gasteiger partial charge in [0.05, 0.1) is 6.20 Å². The molecule has 0 spiro atoms. The van der Waals surface area contributed by atoms with Crippen LogP contribution in [0.2, 0.25) is 5.28 Å². The molecule has 0 amide bonds. The minimum Gasteiger partial charge on any atom is -0.396 e. The molecule has 0 aliphatic carbocycles. The topological polar surface area (TPSA) is 58.0 Å². The van der Waals surface area contributed by atoms with E-state index in [4.69, 9.17) is 16.7 Å². The molecule has 0 saturated heterocycles. The second-order valence-corrected chi connectivity index (χ2v) is 3.42. The van der Waals surface area contributed by atoms with Gasteiger partial charge in [-0.1, -0.05) is 0 Å². The molecule has 1 aromatic heterocycles. The zero-order valence-corrected chi connectivity index (χ0v) is 9.06. The molecule has 0 bridgehead atoms. The van der Waals surface area contributed by atoms with E-state index in [0.29, 0.717) is 6.20 Å². The molecule has 4 nitrogen and oxygen atoms in total. The van der Waals surface area contributed by atoms with Crippen molar-refractivity contribution in [2.24, 2.45) is 0 Å². The van der Waals surface area contributed by atoms with Gasteiger partial charge in [0.1, 0.15) is 6.04 Å². The van der Waals surface area contributed by atoms with Crippen molar-refractivity contribution >= 4 is 17.4 Å². The number of halogens is 5. The van der Waals surface area contributed by atoms with E-state index >= 15 is 0 Å². The molecule has 9 heteroatoms. The van der Waals surface area contributed by atoms with Crippen LogP contribution >= 0.6 is 11.6 Å². The van der Waals surface area contributed by atoms with Crippen LogP contribution in [0.15, 0.2) is 6.20 Å². The number of rotatable bonds is 4. The van der Waals surface area contributed by atoms with Gasteiger partial charge in [-0.05, 0) is 18.0 Å². The minimum absolute atomic E-state index is 0.376. The predicted molar refractivity (Wildman–Crippen MR) is 52.2 cm³/mol. The highest BCUT2D eigenvalue weighted by atomic mass is 35.5. The number of anilines is 1. The Morgan fingerprint density at radius 3 is 2.65 bits per heavy atom. The maximum atomic E-state index is 13.1. The van der Waals surface area contributed by atoms with Crippen molar-refractivity contribution in [3.63, 3.8) is 0 Å². The molecule has 0 aliphatic heterocycles. The van der Waals surface area contributed by atoms with E-state index in [2.05, 4.69) is 9.97 Å². The number of aliphatic hydroxyl groups excluding tert-OH is 1. The van der Waals surface area contributed by atoms with Crippen molar-refractivity contribution in [3.8, 4) is 0 Å². The maximum Gasteiger partial charge on any atom is 0.408 e. The van der Waals surface area contributed by atoms with Gasteiger partial charge < -0.3 is 10.4 Å². The first kappa shape index (κ1) is 13.9. The van der Waals surface area contributed by atoms with Crippen LogP contribution in [0, 0.1) is 5.82 Å². The molecule has 0 aliphatic rings. The quantitative estimate of drug-likeness (QED) is 0.651. The minimum atomic E-state index is -4.63. The Morgan fingerprint density at radius 2 is 2.12 bits per heavy atom. The average Bonchev–Trinajstić information content (AvgIpc) is 2.21. The molecule has 0 saturated carbocycles. The molecular formula is C8H8ClF4N3O. The van der Waals surface area contributed by atoms with Gasteiger partial charge in [-0.2, -0.15) is 18.2 Å². The van der Waals surface area contributed by atoms with E-state index < -0.39 is 36.9 Å². The molecule has 2 N–H and O–H groups in total. The molecular weight excluding hydrogens is 266 g/mol. The number of alkyl halides is 3. The Kier molecular flexibility index (Phi) is 4.47. The zero-order chi connectivity index (χ0) is 13.1. The lowest BCUT2D eigenvalue weighted by Crippen LogP contribution is -2.37. The molecule has 1 atom stereocenters. The summed E-state index contributed by atoms with van der Waals surface area (Å²) in [6.07, 6.45) is -4.60. The highest BCUT2D eigenvalue weighted by molar-refractivity contribution is 6.28. The van der Waals surface area contributed by atoms with Gasteiger partial charge in [-0.3, -0.25) is 0 Å². The SMILES string of the molecule is OCCC(Nc1nc(Cl)ncc1F)C(F)(F)F. The Labute approximate surface area is 98.6 Å². The molecule has 1 rings (SSSR count). The van der Waals surface area contributed by atoms with Crippen LogP contribution in [-0.2, 0) is 0 Å². The number of hydrogen-bond acceptors (Lipinski definition) is 4. The molecule has 1 unspecified atom stereocenters. The zero-order valence-electron chi connectivity index (χ0n) is 8.30. The van der Waals surface area contributed by atoms with Crippen LogP contribution < -0.4 is 5.32 Å². The summed E-state index contributed by atoms with van der Waals surface area (Å²) >= 11 is 5.33. The molecule has 0 aromatic carbocycles. The van der Waals surface area contributed by atoms with Gasteiger partial charge in [-0.25, -0.2) is 9.37 Å². The Balaban J connectivity index is 2.89. The molecule has 0 radical (unpaired) electrons. The molecule has 1 heterocycles. The van der Waals surface area contributed by atoms with Crippen LogP contribution in [0.25, 0.3) is 0 Å². The van der Waals surface area contributed by atoms with Crippen LogP contribution in [0.5, 0.6) is 0 Å². The van der Waals surface area contributed by atoms with Crippen LogP contribution in [0.3, 0.4) is 0 Å². The molecule has 96 valence electrons. The number of nitrogens with one attached hydrogen (secondary N) is 1. The highest BCUT2D eigenvalue weighted by Crippen LogP contribution is 2.26. The Bertz CT molecular complexity index is 388. The van der Waals surface area contributed by atoms with Crippen molar-refractivity contribution in [2.45, 2.75) is 18.6 Å². The van der Waals surface area contributed by atoms with E-state index in [0.717, 1.165) is 0 Å². The van der Waals surface area contributed by atoms with Gasteiger partial charge >= 0.3 is 6.18 Å². The summed E-state index contributed by atoms with van der Waals surface area (Å²) in [7, 11) is 0. The second-order valence-electron chi connectivity index (χ2n) is 3.09. The Hall–Kier alpha value is -1.15. The summed E-state index contributed by atoms with van der Waals surface area (Å²) in [5.74, 6) is -1.71. The summed E-state index contributed by atoms with van der Waals surface area (Å²) in [6.45, 7) is -0.697. The van der Waals surface area contributed by atoms with Gasteiger partial charge in [0.2, 0.25) is 5.28 Å². The van der Waals surface area contributed by atoms with Gasteiger partial charge in [0, 0.05) is 6.61 Å². The van der Waals surface area contributed by atoms with Crippen molar-refractivity contribution < 1.29 is 22.7 Å². The van der Waals surface area contributed by atoms with Crippen molar-refractivity contribution in [1.82, 2.24) is 9.97 Å². The van der Waals surface area contributed by atoms with Crippen LogP contribution in [0.1, 0.15) is 6.42 Å². The van der Waals surface area contributed by atoms with Crippen LogP contribution in [0.4, 0.5) is 23.4 Å². The smallest absolute Gasteiger partial charge is 0.396 e. The summed E-state index contributed by atoms with van der Waals surface area (Å²) in [6, 6.07) is -2.10. The lowest BCUT2D eigenvalue weighted by atomic mass is 10.2. The maximum absolute atomic E-state index is 13.1. The fourth-order valence-corrected chi connectivity index (χ4v) is 1.19. The first-order valence-corrected chi connectivity index (χ1v) is 4.84. The van der Waals surface area contributed by atoms with E-state index in [9.17, 15) is 17.6 Å². The summed E-state index contributed by atoms with van der Waals surface area (Å²) in [4.78, 5) is 6.56. The van der Waals surface area contributed by atoms with Gasteiger partial charge in [-0.15, -0.1) is 0 Å². The lowest BCUT2D eigenvalue weighted by Gasteiger charge is -2.21. The standard InChI is InChI=1S/C8H8ClF4N3O/c9-7-14-3-4(10)6(16-7)15-5(1-2-17)8(11,12)13/h3,5,17H,1-2H2,(H,14,15,16). The van der Waals surface area contributed by atoms with Crippen LogP contribution in [-0.4, -0.2) is 33.9 Å². The lowest BCUT2D eigenvalue weighted by molar-refractivity contribution is -0.145. The number of hydrogen-bond donors (Lipinski definition) is 2. The number of aliphatic hydroxyl groups is 1. The molecule has 0 fully saturated rings.